The summed E-state index contributed by atoms with van der Waals surface area (Å²) in [6.07, 6.45) is 1.98. The Morgan fingerprint density at radius 1 is 1.31 bits per heavy atom. The number of benzene rings is 1. The summed E-state index contributed by atoms with van der Waals surface area (Å²) in [6, 6.07) is 6.48. The van der Waals surface area contributed by atoms with Crippen LogP contribution >= 0.6 is 11.3 Å². The van der Waals surface area contributed by atoms with Crippen LogP contribution in [0.2, 0.25) is 0 Å². The topological polar surface area (TPSA) is 58.5 Å². The van der Waals surface area contributed by atoms with E-state index in [1.54, 1.807) is 18.4 Å². The fraction of sp³-hybridized carbons (Fsp3) is 0.500. The van der Waals surface area contributed by atoms with Crippen LogP contribution in [0.25, 0.3) is 0 Å². The molecule has 0 unspecified atom stereocenters. The zero-order valence-corrected chi connectivity index (χ0v) is 16.9. The summed E-state index contributed by atoms with van der Waals surface area (Å²) >= 11 is 1.69. The van der Waals surface area contributed by atoms with Crippen LogP contribution in [0.4, 0.5) is 0 Å². The van der Waals surface area contributed by atoms with Gasteiger partial charge in [0.05, 0.1) is 18.8 Å². The van der Waals surface area contributed by atoms with Crippen LogP contribution in [0.1, 0.15) is 42.6 Å². The molecule has 3 rings (SSSR count). The molecule has 26 heavy (non-hydrogen) atoms. The molecule has 6 heteroatoms. The highest BCUT2D eigenvalue weighted by Crippen LogP contribution is 2.26. The van der Waals surface area contributed by atoms with Crippen molar-refractivity contribution in [1.29, 1.82) is 0 Å². The molecule has 0 radical (unpaired) electrons. The molecule has 5 nitrogen and oxygen atoms in total. The molecule has 1 aliphatic heterocycles. The Balaban J connectivity index is 1.45. The van der Waals surface area contributed by atoms with E-state index in [4.69, 9.17) is 9.72 Å². The molecule has 1 aromatic carbocycles. The van der Waals surface area contributed by atoms with Crippen LogP contribution in [0.3, 0.4) is 0 Å². The van der Waals surface area contributed by atoms with Gasteiger partial charge in [0.15, 0.2) is 5.96 Å². The van der Waals surface area contributed by atoms with Gasteiger partial charge in [0.1, 0.15) is 10.8 Å². The first kappa shape index (κ1) is 18.7. The minimum absolute atomic E-state index is 0.0928. The smallest absolute Gasteiger partial charge is 0.191 e. The maximum atomic E-state index is 5.56. The van der Waals surface area contributed by atoms with Gasteiger partial charge in [-0.25, -0.2) is 4.98 Å². The molecular formula is C20H28N4OS. The summed E-state index contributed by atoms with van der Waals surface area (Å²) < 4.78 is 5.56. The summed E-state index contributed by atoms with van der Waals surface area (Å²) in [5.41, 5.74) is 3.88. The second-order valence-corrected chi connectivity index (χ2v) is 8.46. The van der Waals surface area contributed by atoms with Crippen molar-refractivity contribution >= 4 is 17.3 Å². The van der Waals surface area contributed by atoms with Crippen molar-refractivity contribution in [1.82, 2.24) is 15.6 Å². The largest absolute Gasteiger partial charge is 0.493 e. The maximum Gasteiger partial charge on any atom is 0.191 e. The average Bonchev–Trinajstić information content (AvgIpc) is 3.26. The highest BCUT2D eigenvalue weighted by molar-refractivity contribution is 7.09. The van der Waals surface area contributed by atoms with E-state index in [1.165, 1.54) is 11.1 Å². The van der Waals surface area contributed by atoms with Crippen molar-refractivity contribution in [3.05, 3.63) is 45.4 Å². The summed E-state index contributed by atoms with van der Waals surface area (Å²) in [5.74, 6) is 1.85. The Morgan fingerprint density at radius 3 is 2.88 bits per heavy atom. The molecule has 0 fully saturated rings. The minimum Gasteiger partial charge on any atom is -0.493 e. The van der Waals surface area contributed by atoms with Gasteiger partial charge in [-0.1, -0.05) is 32.9 Å². The van der Waals surface area contributed by atoms with Gasteiger partial charge in [-0.2, -0.15) is 0 Å². The highest BCUT2D eigenvalue weighted by atomic mass is 32.1. The van der Waals surface area contributed by atoms with Crippen LogP contribution in [0.5, 0.6) is 5.75 Å². The second-order valence-electron chi connectivity index (χ2n) is 7.52. The standard InChI is InChI=1S/C20H28N4OS/c1-20(2,3)17-13-26-18(24-17)12-23-19(21-4)22-9-7-14-5-6-16-15(11-14)8-10-25-16/h5-6,11,13H,7-10,12H2,1-4H3,(H2,21,22,23). The predicted molar refractivity (Wildman–Crippen MR) is 108 cm³/mol. The third-order valence-electron chi connectivity index (χ3n) is 4.41. The molecule has 0 spiro atoms. The number of aliphatic imine (C=N–C) groups is 1. The molecule has 2 N–H and O–H groups in total. The Kier molecular flexibility index (Phi) is 5.81. The van der Waals surface area contributed by atoms with Crippen molar-refractivity contribution in [2.75, 3.05) is 20.2 Å². The van der Waals surface area contributed by atoms with Crippen molar-refractivity contribution < 1.29 is 4.74 Å². The molecule has 0 saturated carbocycles. The second kappa shape index (κ2) is 8.08. The van der Waals surface area contributed by atoms with Crippen molar-refractivity contribution in [3.8, 4) is 5.75 Å². The zero-order chi connectivity index (χ0) is 18.6. The summed E-state index contributed by atoms with van der Waals surface area (Å²) in [7, 11) is 1.80. The average molecular weight is 373 g/mol. The van der Waals surface area contributed by atoms with Crippen molar-refractivity contribution in [2.24, 2.45) is 4.99 Å². The number of thiazole rings is 1. The molecule has 0 bridgehead atoms. The zero-order valence-electron chi connectivity index (χ0n) is 16.1. The van der Waals surface area contributed by atoms with Crippen molar-refractivity contribution in [2.45, 2.75) is 45.6 Å². The lowest BCUT2D eigenvalue weighted by atomic mass is 9.93. The molecule has 0 saturated heterocycles. The van der Waals surface area contributed by atoms with Gasteiger partial charge in [0.25, 0.3) is 0 Å². The molecule has 0 aliphatic carbocycles. The first-order valence-electron chi connectivity index (χ1n) is 9.10. The van der Waals surface area contributed by atoms with Gasteiger partial charge in [0, 0.05) is 30.8 Å². The van der Waals surface area contributed by atoms with E-state index in [2.05, 4.69) is 60.0 Å². The first-order valence-corrected chi connectivity index (χ1v) is 9.97. The number of hydrogen-bond donors (Lipinski definition) is 2. The van der Waals surface area contributed by atoms with E-state index in [0.717, 1.165) is 48.4 Å². The number of aromatic nitrogens is 1. The van der Waals surface area contributed by atoms with Crippen LogP contribution in [0, 0.1) is 0 Å². The van der Waals surface area contributed by atoms with Crippen molar-refractivity contribution in [3.63, 3.8) is 0 Å². The molecule has 2 heterocycles. The summed E-state index contributed by atoms with van der Waals surface area (Å²) in [6.45, 7) is 8.89. The fourth-order valence-electron chi connectivity index (χ4n) is 2.84. The lowest BCUT2D eigenvalue weighted by Crippen LogP contribution is -2.37. The lowest BCUT2D eigenvalue weighted by molar-refractivity contribution is 0.357. The first-order chi connectivity index (χ1) is 12.5. The van der Waals surface area contributed by atoms with E-state index in [9.17, 15) is 0 Å². The molecule has 1 aromatic heterocycles. The van der Waals surface area contributed by atoms with Crippen LogP contribution in [0.15, 0.2) is 28.6 Å². The third-order valence-corrected chi connectivity index (χ3v) is 5.26. The molecular weight excluding hydrogens is 344 g/mol. The minimum atomic E-state index is 0.0928. The Morgan fingerprint density at radius 2 is 2.15 bits per heavy atom. The quantitative estimate of drug-likeness (QED) is 0.625. The van der Waals surface area contributed by atoms with Crippen LogP contribution in [-0.2, 0) is 24.8 Å². The van der Waals surface area contributed by atoms with Gasteiger partial charge in [-0.05, 0) is 23.6 Å². The molecule has 0 amide bonds. The van der Waals surface area contributed by atoms with E-state index < -0.39 is 0 Å². The molecule has 1 aliphatic rings. The number of fused-ring (bicyclic) bond motifs is 1. The summed E-state index contributed by atoms with van der Waals surface area (Å²) in [4.78, 5) is 9.01. The number of nitrogens with zero attached hydrogens (tertiary/aromatic N) is 2. The van der Waals surface area contributed by atoms with Gasteiger partial charge >= 0.3 is 0 Å². The fourth-order valence-corrected chi connectivity index (χ4v) is 3.80. The number of ether oxygens (including phenoxy) is 1. The molecule has 2 aromatic rings. The Hall–Kier alpha value is -2.08. The van der Waals surface area contributed by atoms with Gasteiger partial charge in [-0.3, -0.25) is 4.99 Å². The number of rotatable bonds is 5. The highest BCUT2D eigenvalue weighted by Gasteiger charge is 2.17. The Labute approximate surface area is 159 Å². The van der Waals surface area contributed by atoms with E-state index >= 15 is 0 Å². The molecule has 0 atom stereocenters. The van der Waals surface area contributed by atoms with E-state index in [0.29, 0.717) is 6.54 Å². The molecule has 140 valence electrons. The van der Waals surface area contributed by atoms with E-state index in [1.807, 2.05) is 0 Å². The Bertz CT molecular complexity index is 776. The third kappa shape index (κ3) is 4.75. The van der Waals surface area contributed by atoms with Gasteiger partial charge < -0.3 is 15.4 Å². The lowest BCUT2D eigenvalue weighted by Gasteiger charge is -2.14. The predicted octanol–water partition coefficient (Wildman–Crippen LogP) is 3.28. The number of hydrogen-bond acceptors (Lipinski definition) is 4. The van der Waals surface area contributed by atoms with E-state index in [-0.39, 0.29) is 5.41 Å². The SMILES string of the molecule is CN=C(NCCc1ccc2c(c1)CCO2)NCc1nc(C(C)(C)C)cs1. The summed E-state index contributed by atoms with van der Waals surface area (Å²) in [5, 5.41) is 9.95. The van der Waals surface area contributed by atoms with Gasteiger partial charge in [0.2, 0.25) is 0 Å². The van der Waals surface area contributed by atoms with Gasteiger partial charge in [-0.15, -0.1) is 11.3 Å². The maximum absolute atomic E-state index is 5.56. The monoisotopic (exact) mass is 372 g/mol. The number of guanidine groups is 1. The normalized spacial score (nSPS) is 14.1. The van der Waals surface area contributed by atoms with Crippen LogP contribution < -0.4 is 15.4 Å². The number of nitrogens with one attached hydrogen (secondary N) is 2. The van der Waals surface area contributed by atoms with Crippen LogP contribution in [-0.4, -0.2) is 31.1 Å².